The largest absolute Gasteiger partial charge is 0.497 e. The molecule has 4 aromatic carbocycles. The minimum Gasteiger partial charge on any atom is -0.497 e. The molecule has 0 fully saturated rings. The molecular weight excluding hydrogens is 660 g/mol. The highest BCUT2D eigenvalue weighted by molar-refractivity contribution is 9.09. The van der Waals surface area contributed by atoms with Gasteiger partial charge in [-0.05, 0) is 59.4 Å². The first-order valence-corrected chi connectivity index (χ1v) is 16.2. The Balaban J connectivity index is 1.49. The Morgan fingerprint density at radius 2 is 1.07 bits per heavy atom. The number of rotatable bonds is 16. The summed E-state index contributed by atoms with van der Waals surface area (Å²) in [5.74, 6) is 3.17. The molecule has 220 valence electrons. The van der Waals surface area contributed by atoms with Crippen molar-refractivity contribution in [2.45, 2.75) is 25.7 Å². The molecule has 42 heavy (non-hydrogen) atoms. The van der Waals surface area contributed by atoms with E-state index < -0.39 is 0 Å². The molecule has 0 aliphatic rings. The van der Waals surface area contributed by atoms with Gasteiger partial charge >= 0.3 is 0 Å². The number of alkyl halides is 2. The number of ether oxygens (including phenoxy) is 4. The van der Waals surface area contributed by atoms with Gasteiger partial charge in [0.05, 0.1) is 27.4 Å². The Morgan fingerprint density at radius 1 is 0.619 bits per heavy atom. The predicted octanol–water partition coefficient (Wildman–Crippen LogP) is 8.72. The number of hydrogen-bond acceptors (Lipinski definition) is 5. The molecule has 0 N–H and O–H groups in total. The predicted molar refractivity (Wildman–Crippen MR) is 177 cm³/mol. The highest BCUT2D eigenvalue weighted by atomic mass is 79.9. The fraction of sp³-hybridized carbons (Fsp3) is 0.286. The van der Waals surface area contributed by atoms with Crippen LogP contribution in [0.25, 0.3) is 22.3 Å². The van der Waals surface area contributed by atoms with Gasteiger partial charge in [-0.15, -0.1) is 0 Å². The van der Waals surface area contributed by atoms with Gasteiger partial charge in [-0.1, -0.05) is 80.4 Å². The van der Waals surface area contributed by atoms with Crippen LogP contribution >= 0.6 is 31.9 Å². The quantitative estimate of drug-likeness (QED) is 0.0867. The molecule has 0 aromatic heterocycles. The maximum Gasteiger partial charge on any atom is 0.141 e. The van der Waals surface area contributed by atoms with E-state index in [0.717, 1.165) is 79.9 Å². The number of Topliss-reactive ketones (excluding diaryl/α,β-unsaturated/α-hetero) is 1. The van der Waals surface area contributed by atoms with Crippen molar-refractivity contribution in [1.29, 1.82) is 0 Å². The first kappa shape index (κ1) is 31.6. The SMILES string of the molecule is COc1ccc(-c2cccc(CC(=O)Cc3cccc(-c4ccc(OC)cc4OCCCBr)c3)c2)c(OCCCBr)c1. The van der Waals surface area contributed by atoms with E-state index in [4.69, 9.17) is 18.9 Å². The average molecular weight is 696 g/mol. The van der Waals surface area contributed by atoms with E-state index in [1.165, 1.54) is 0 Å². The maximum atomic E-state index is 13.2. The molecule has 0 spiro atoms. The second-order valence-corrected chi connectivity index (χ2v) is 11.4. The molecule has 0 aliphatic carbocycles. The van der Waals surface area contributed by atoms with E-state index in [0.29, 0.717) is 26.1 Å². The van der Waals surface area contributed by atoms with Gasteiger partial charge in [0, 0.05) is 46.8 Å². The maximum absolute atomic E-state index is 13.2. The lowest BCUT2D eigenvalue weighted by atomic mass is 9.96. The normalized spacial score (nSPS) is 10.8. The Morgan fingerprint density at radius 3 is 1.48 bits per heavy atom. The number of halogens is 2. The molecule has 5 nitrogen and oxygen atoms in total. The van der Waals surface area contributed by atoms with Crippen molar-refractivity contribution >= 4 is 37.6 Å². The summed E-state index contributed by atoms with van der Waals surface area (Å²) >= 11 is 6.92. The molecule has 0 radical (unpaired) electrons. The van der Waals surface area contributed by atoms with Crippen LogP contribution in [0.5, 0.6) is 23.0 Å². The lowest BCUT2D eigenvalue weighted by Gasteiger charge is -2.14. The fourth-order valence-corrected chi connectivity index (χ4v) is 5.12. The van der Waals surface area contributed by atoms with Gasteiger partial charge in [0.2, 0.25) is 0 Å². The van der Waals surface area contributed by atoms with Gasteiger partial charge in [-0.2, -0.15) is 0 Å². The zero-order valence-electron chi connectivity index (χ0n) is 24.0. The molecule has 0 unspecified atom stereocenters. The van der Waals surface area contributed by atoms with Crippen LogP contribution < -0.4 is 18.9 Å². The average Bonchev–Trinajstić information content (AvgIpc) is 3.01. The summed E-state index contributed by atoms with van der Waals surface area (Å²) in [6, 6.07) is 27.9. The van der Waals surface area contributed by atoms with Crippen molar-refractivity contribution in [3.63, 3.8) is 0 Å². The number of hydrogen-bond donors (Lipinski definition) is 0. The Kier molecular flexibility index (Phi) is 12.3. The summed E-state index contributed by atoms with van der Waals surface area (Å²) < 4.78 is 23.0. The third-order valence-electron chi connectivity index (χ3n) is 6.73. The van der Waals surface area contributed by atoms with E-state index in [1.54, 1.807) is 14.2 Å². The van der Waals surface area contributed by atoms with Crippen molar-refractivity contribution < 1.29 is 23.7 Å². The van der Waals surface area contributed by atoms with Crippen molar-refractivity contribution in [2.24, 2.45) is 0 Å². The second-order valence-electron chi connectivity index (χ2n) is 9.80. The zero-order valence-corrected chi connectivity index (χ0v) is 27.2. The van der Waals surface area contributed by atoms with Crippen molar-refractivity contribution in [1.82, 2.24) is 0 Å². The zero-order chi connectivity index (χ0) is 29.7. The molecule has 0 saturated heterocycles. The molecule has 0 amide bonds. The van der Waals surface area contributed by atoms with E-state index >= 15 is 0 Å². The molecule has 0 aliphatic heterocycles. The highest BCUT2D eigenvalue weighted by Gasteiger charge is 2.13. The number of methoxy groups -OCH3 is 2. The van der Waals surface area contributed by atoms with Gasteiger partial charge in [0.1, 0.15) is 28.8 Å². The highest BCUT2D eigenvalue weighted by Crippen LogP contribution is 2.35. The Hall–Kier alpha value is -3.29. The van der Waals surface area contributed by atoms with E-state index in [2.05, 4.69) is 44.0 Å². The van der Waals surface area contributed by atoms with Crippen LogP contribution in [0.15, 0.2) is 84.9 Å². The summed E-state index contributed by atoms with van der Waals surface area (Å²) in [5, 5.41) is 1.75. The van der Waals surface area contributed by atoms with Gasteiger partial charge in [0.25, 0.3) is 0 Å². The van der Waals surface area contributed by atoms with Gasteiger partial charge < -0.3 is 18.9 Å². The molecule has 0 saturated carbocycles. The summed E-state index contributed by atoms with van der Waals surface area (Å²) in [6.07, 6.45) is 2.49. The van der Waals surface area contributed by atoms with E-state index in [1.807, 2.05) is 72.8 Å². The van der Waals surface area contributed by atoms with Crippen molar-refractivity contribution in [3.05, 3.63) is 96.1 Å². The van der Waals surface area contributed by atoms with Gasteiger partial charge in [-0.25, -0.2) is 0 Å². The fourth-order valence-electron chi connectivity index (χ4n) is 4.66. The smallest absolute Gasteiger partial charge is 0.141 e. The van der Waals surface area contributed by atoms with Crippen molar-refractivity contribution in [3.8, 4) is 45.3 Å². The van der Waals surface area contributed by atoms with E-state index in [9.17, 15) is 4.79 Å². The second kappa shape index (κ2) is 16.4. The van der Waals surface area contributed by atoms with E-state index in [-0.39, 0.29) is 5.78 Å². The molecule has 0 atom stereocenters. The third-order valence-corrected chi connectivity index (χ3v) is 7.85. The first-order chi connectivity index (χ1) is 20.5. The number of benzene rings is 4. The molecule has 4 aromatic rings. The molecule has 0 heterocycles. The van der Waals surface area contributed by atoms with Gasteiger partial charge in [-0.3, -0.25) is 4.79 Å². The molecule has 0 bridgehead atoms. The monoisotopic (exact) mass is 694 g/mol. The van der Waals surface area contributed by atoms with Crippen LogP contribution in [0.4, 0.5) is 0 Å². The third kappa shape index (κ3) is 8.85. The summed E-state index contributed by atoms with van der Waals surface area (Å²) in [4.78, 5) is 13.2. The number of carbonyl (C=O) groups is 1. The Bertz CT molecular complexity index is 1360. The van der Waals surface area contributed by atoms with Crippen LogP contribution in [-0.2, 0) is 17.6 Å². The number of carbonyl (C=O) groups excluding carboxylic acids is 1. The summed E-state index contributed by atoms with van der Waals surface area (Å²) in [5.41, 5.74) is 5.89. The molecule has 4 rings (SSSR count). The number of ketones is 1. The topological polar surface area (TPSA) is 54.0 Å². The van der Waals surface area contributed by atoms with Gasteiger partial charge in [0.15, 0.2) is 0 Å². The minimum atomic E-state index is 0.149. The Labute approximate surface area is 265 Å². The van der Waals surface area contributed by atoms with Crippen LogP contribution in [0, 0.1) is 0 Å². The molecule has 7 heteroatoms. The summed E-state index contributed by atoms with van der Waals surface area (Å²) in [7, 11) is 3.30. The lowest BCUT2D eigenvalue weighted by molar-refractivity contribution is -0.117. The lowest BCUT2D eigenvalue weighted by Crippen LogP contribution is -2.07. The van der Waals surface area contributed by atoms with Crippen molar-refractivity contribution in [2.75, 3.05) is 38.1 Å². The summed E-state index contributed by atoms with van der Waals surface area (Å²) in [6.45, 7) is 1.20. The molecular formula is C35H36Br2O5. The first-order valence-electron chi connectivity index (χ1n) is 14.0. The minimum absolute atomic E-state index is 0.149. The van der Waals surface area contributed by atoms with Crippen LogP contribution in [-0.4, -0.2) is 43.9 Å². The van der Waals surface area contributed by atoms with Crippen LogP contribution in [0.1, 0.15) is 24.0 Å². The van der Waals surface area contributed by atoms with Crippen LogP contribution in [0.2, 0.25) is 0 Å². The van der Waals surface area contributed by atoms with Crippen LogP contribution in [0.3, 0.4) is 0 Å². The standard InChI is InChI=1S/C35H36Br2O5/c1-39-30-11-13-32(34(23-30)41-17-5-15-36)27-9-3-7-25(19-27)21-29(38)22-26-8-4-10-28(20-26)33-14-12-31(40-2)24-35(33)42-18-6-16-37/h3-4,7-14,19-20,23-24H,5-6,15-18,21-22H2,1-2H3.